The fourth-order valence-corrected chi connectivity index (χ4v) is 3.08. The SMILES string of the molecule is CCc1ccccc1NC(=O)c1cccc(N2CC(C(=O)O)CC2=O)c1. The van der Waals surface area contributed by atoms with Crippen LogP contribution in [0, 0.1) is 5.92 Å². The summed E-state index contributed by atoms with van der Waals surface area (Å²) in [7, 11) is 0. The second kappa shape index (κ2) is 7.39. The highest BCUT2D eigenvalue weighted by Gasteiger charge is 2.35. The van der Waals surface area contributed by atoms with Gasteiger partial charge < -0.3 is 15.3 Å². The molecule has 1 heterocycles. The Balaban J connectivity index is 1.80. The van der Waals surface area contributed by atoms with E-state index in [-0.39, 0.29) is 24.8 Å². The number of para-hydroxylation sites is 1. The molecule has 2 aromatic carbocycles. The van der Waals surface area contributed by atoms with Crippen molar-refractivity contribution in [3.8, 4) is 0 Å². The molecule has 1 saturated heterocycles. The standard InChI is InChI=1S/C20H20N2O4/c1-2-13-6-3-4-9-17(13)21-19(24)14-7-5-8-16(10-14)22-12-15(20(25)26)11-18(22)23/h3-10,15H,2,11-12H2,1H3,(H,21,24)(H,25,26). The Labute approximate surface area is 151 Å². The summed E-state index contributed by atoms with van der Waals surface area (Å²) in [5.74, 6) is -2.21. The number of amides is 2. The summed E-state index contributed by atoms with van der Waals surface area (Å²) >= 11 is 0. The molecule has 0 aromatic heterocycles. The smallest absolute Gasteiger partial charge is 0.308 e. The van der Waals surface area contributed by atoms with E-state index in [1.54, 1.807) is 24.3 Å². The van der Waals surface area contributed by atoms with Crippen molar-refractivity contribution in [2.75, 3.05) is 16.8 Å². The molecule has 1 unspecified atom stereocenters. The number of hydrogen-bond acceptors (Lipinski definition) is 3. The molecule has 0 radical (unpaired) electrons. The number of aliphatic carboxylic acids is 1. The zero-order chi connectivity index (χ0) is 18.7. The fraction of sp³-hybridized carbons (Fsp3) is 0.250. The van der Waals surface area contributed by atoms with Crippen molar-refractivity contribution in [2.24, 2.45) is 5.92 Å². The van der Waals surface area contributed by atoms with Crippen molar-refractivity contribution in [3.63, 3.8) is 0 Å². The summed E-state index contributed by atoms with van der Waals surface area (Å²) in [6.45, 7) is 2.14. The molecule has 1 atom stereocenters. The number of carboxylic acid groups (broad SMARTS) is 1. The maximum Gasteiger partial charge on any atom is 0.308 e. The first-order valence-electron chi connectivity index (χ1n) is 8.52. The lowest BCUT2D eigenvalue weighted by Crippen LogP contribution is -2.26. The number of nitrogens with zero attached hydrogens (tertiary/aromatic N) is 1. The van der Waals surface area contributed by atoms with Gasteiger partial charge in [-0.1, -0.05) is 31.2 Å². The first-order valence-corrected chi connectivity index (χ1v) is 8.52. The average molecular weight is 352 g/mol. The van der Waals surface area contributed by atoms with E-state index in [9.17, 15) is 14.4 Å². The third kappa shape index (κ3) is 3.59. The van der Waals surface area contributed by atoms with E-state index in [2.05, 4.69) is 5.32 Å². The van der Waals surface area contributed by atoms with Crippen LogP contribution in [0.25, 0.3) is 0 Å². The minimum atomic E-state index is -0.981. The summed E-state index contributed by atoms with van der Waals surface area (Å²) in [6.07, 6.45) is 0.783. The number of carbonyl (C=O) groups excluding carboxylic acids is 2. The van der Waals surface area contributed by atoms with Gasteiger partial charge in [-0.2, -0.15) is 0 Å². The van der Waals surface area contributed by atoms with Crippen LogP contribution in [0.1, 0.15) is 29.3 Å². The van der Waals surface area contributed by atoms with Crippen LogP contribution in [0.4, 0.5) is 11.4 Å². The highest BCUT2D eigenvalue weighted by Crippen LogP contribution is 2.26. The van der Waals surface area contributed by atoms with Gasteiger partial charge in [-0.15, -0.1) is 0 Å². The zero-order valence-electron chi connectivity index (χ0n) is 14.4. The molecule has 0 bridgehead atoms. The molecule has 1 aliphatic heterocycles. The predicted molar refractivity (Wildman–Crippen MR) is 98.3 cm³/mol. The van der Waals surface area contributed by atoms with Gasteiger partial charge in [0.05, 0.1) is 5.92 Å². The first-order chi connectivity index (χ1) is 12.5. The molecule has 134 valence electrons. The molecule has 26 heavy (non-hydrogen) atoms. The Morgan fingerprint density at radius 1 is 1.19 bits per heavy atom. The highest BCUT2D eigenvalue weighted by molar-refractivity contribution is 6.06. The normalized spacial score (nSPS) is 16.6. The number of rotatable bonds is 5. The third-order valence-corrected chi connectivity index (χ3v) is 4.54. The molecule has 1 fully saturated rings. The molecule has 6 nitrogen and oxygen atoms in total. The number of benzene rings is 2. The molecular formula is C20H20N2O4. The maximum atomic E-state index is 12.6. The molecular weight excluding hydrogens is 332 g/mol. The summed E-state index contributed by atoms with van der Waals surface area (Å²) in [5.41, 5.74) is 2.75. The van der Waals surface area contributed by atoms with Crippen LogP contribution in [0.5, 0.6) is 0 Å². The van der Waals surface area contributed by atoms with Crippen LogP contribution in [-0.2, 0) is 16.0 Å². The van der Waals surface area contributed by atoms with Gasteiger partial charge >= 0.3 is 5.97 Å². The Bertz CT molecular complexity index is 862. The molecule has 2 aromatic rings. The van der Waals surface area contributed by atoms with Crippen LogP contribution >= 0.6 is 0 Å². The lowest BCUT2D eigenvalue weighted by molar-refractivity contribution is -0.141. The minimum absolute atomic E-state index is 0.0182. The van der Waals surface area contributed by atoms with Crippen LogP contribution < -0.4 is 10.2 Å². The minimum Gasteiger partial charge on any atom is -0.481 e. The molecule has 3 rings (SSSR count). The predicted octanol–water partition coefficient (Wildman–Crippen LogP) is 2.94. The fourth-order valence-electron chi connectivity index (χ4n) is 3.08. The van der Waals surface area contributed by atoms with E-state index in [0.29, 0.717) is 11.3 Å². The highest BCUT2D eigenvalue weighted by atomic mass is 16.4. The first kappa shape index (κ1) is 17.7. The van der Waals surface area contributed by atoms with Crippen molar-refractivity contribution >= 4 is 29.2 Å². The van der Waals surface area contributed by atoms with E-state index < -0.39 is 11.9 Å². The monoisotopic (exact) mass is 352 g/mol. The average Bonchev–Trinajstić information content (AvgIpc) is 3.04. The van der Waals surface area contributed by atoms with Crippen molar-refractivity contribution in [1.29, 1.82) is 0 Å². The quantitative estimate of drug-likeness (QED) is 0.866. The Morgan fingerprint density at radius 2 is 1.96 bits per heavy atom. The van der Waals surface area contributed by atoms with E-state index in [0.717, 1.165) is 17.7 Å². The van der Waals surface area contributed by atoms with Crippen molar-refractivity contribution in [3.05, 3.63) is 59.7 Å². The lowest BCUT2D eigenvalue weighted by atomic mass is 10.1. The van der Waals surface area contributed by atoms with Gasteiger partial charge in [-0.05, 0) is 36.2 Å². The Morgan fingerprint density at radius 3 is 2.65 bits per heavy atom. The van der Waals surface area contributed by atoms with Crippen molar-refractivity contribution in [1.82, 2.24) is 0 Å². The van der Waals surface area contributed by atoms with Gasteiger partial charge in [0.15, 0.2) is 0 Å². The molecule has 0 spiro atoms. The number of carbonyl (C=O) groups is 3. The topological polar surface area (TPSA) is 86.7 Å². The zero-order valence-corrected chi connectivity index (χ0v) is 14.4. The molecule has 1 aliphatic rings. The van der Waals surface area contributed by atoms with Crippen LogP contribution in [-0.4, -0.2) is 29.4 Å². The maximum absolute atomic E-state index is 12.6. The summed E-state index contributed by atoms with van der Waals surface area (Å²) in [6, 6.07) is 14.3. The molecule has 2 N–H and O–H groups in total. The summed E-state index contributed by atoms with van der Waals surface area (Å²) < 4.78 is 0. The number of hydrogen-bond donors (Lipinski definition) is 2. The van der Waals surface area contributed by atoms with Crippen molar-refractivity contribution < 1.29 is 19.5 Å². The van der Waals surface area contributed by atoms with E-state index in [1.165, 1.54) is 4.90 Å². The molecule has 0 aliphatic carbocycles. The third-order valence-electron chi connectivity index (χ3n) is 4.54. The van der Waals surface area contributed by atoms with Gasteiger partial charge in [-0.3, -0.25) is 14.4 Å². The summed E-state index contributed by atoms with van der Waals surface area (Å²) in [4.78, 5) is 37.2. The largest absolute Gasteiger partial charge is 0.481 e. The van der Waals surface area contributed by atoms with Crippen LogP contribution in [0.2, 0.25) is 0 Å². The molecule has 0 saturated carbocycles. The van der Waals surface area contributed by atoms with Crippen molar-refractivity contribution in [2.45, 2.75) is 19.8 Å². The second-order valence-electron chi connectivity index (χ2n) is 6.26. The van der Waals surface area contributed by atoms with E-state index in [4.69, 9.17) is 5.11 Å². The molecule has 2 amide bonds. The Kier molecular flexibility index (Phi) is 5.02. The van der Waals surface area contributed by atoms with Gasteiger partial charge in [0.1, 0.15) is 0 Å². The van der Waals surface area contributed by atoms with Crippen LogP contribution in [0.15, 0.2) is 48.5 Å². The van der Waals surface area contributed by atoms with Gasteiger partial charge in [-0.25, -0.2) is 0 Å². The number of aryl methyl sites for hydroxylation is 1. The van der Waals surface area contributed by atoms with Gasteiger partial charge in [0, 0.05) is 29.9 Å². The number of anilines is 2. The van der Waals surface area contributed by atoms with E-state index in [1.807, 2.05) is 31.2 Å². The number of carboxylic acids is 1. The van der Waals surface area contributed by atoms with Crippen LogP contribution in [0.3, 0.4) is 0 Å². The second-order valence-corrected chi connectivity index (χ2v) is 6.26. The number of nitrogens with one attached hydrogen (secondary N) is 1. The van der Waals surface area contributed by atoms with Gasteiger partial charge in [0.25, 0.3) is 5.91 Å². The Hall–Kier alpha value is -3.15. The lowest BCUT2D eigenvalue weighted by Gasteiger charge is -2.17. The van der Waals surface area contributed by atoms with Gasteiger partial charge in [0.2, 0.25) is 5.91 Å². The summed E-state index contributed by atoms with van der Waals surface area (Å²) in [5, 5.41) is 12.0. The molecule has 6 heteroatoms. The van der Waals surface area contributed by atoms with E-state index >= 15 is 0 Å².